The number of halogens is 1. The maximum Gasteiger partial charge on any atom is 0.187 e. The van der Waals surface area contributed by atoms with Crippen LogP contribution >= 0.6 is 15.9 Å². The second kappa shape index (κ2) is 9.15. The van der Waals surface area contributed by atoms with E-state index in [0.29, 0.717) is 23.2 Å². The van der Waals surface area contributed by atoms with Gasteiger partial charge >= 0.3 is 0 Å². The summed E-state index contributed by atoms with van der Waals surface area (Å²) in [5.74, 6) is 1.79. The predicted molar refractivity (Wildman–Crippen MR) is 136 cm³/mol. The van der Waals surface area contributed by atoms with Crippen LogP contribution in [0.5, 0.6) is 0 Å². The van der Waals surface area contributed by atoms with Crippen LogP contribution in [0.1, 0.15) is 0 Å². The third-order valence-corrected chi connectivity index (χ3v) is 5.72. The van der Waals surface area contributed by atoms with E-state index in [-0.39, 0.29) is 0 Å². The Hall–Kier alpha value is -4.14. The minimum Gasteiger partial charge on any atom is -0.238 e. The lowest BCUT2D eigenvalue weighted by Crippen LogP contribution is -2.00. The SMILES string of the molecule is [C-]#[N+]c1ccc(-c2nc(-c3ccccc3)nc(-c3ccc(-c4cccc(Br)c4)cc3)n2)cc1. The lowest BCUT2D eigenvalue weighted by molar-refractivity contribution is 1.07. The van der Waals surface area contributed by atoms with E-state index in [4.69, 9.17) is 21.5 Å². The molecule has 0 N–H and O–H groups in total. The summed E-state index contributed by atoms with van der Waals surface area (Å²) in [6, 6.07) is 33.6. The third kappa shape index (κ3) is 4.57. The number of hydrogen-bond acceptors (Lipinski definition) is 3. The highest BCUT2D eigenvalue weighted by molar-refractivity contribution is 9.10. The van der Waals surface area contributed by atoms with Gasteiger partial charge in [0.05, 0.1) is 6.57 Å². The van der Waals surface area contributed by atoms with Crippen LogP contribution < -0.4 is 0 Å². The molecule has 0 unspecified atom stereocenters. The summed E-state index contributed by atoms with van der Waals surface area (Å²) in [5.41, 5.74) is 5.51. The fraction of sp³-hybridized carbons (Fsp3) is 0. The van der Waals surface area contributed by atoms with E-state index in [1.807, 2.05) is 66.7 Å². The molecule has 0 bridgehead atoms. The second-order valence-corrected chi connectivity index (χ2v) is 8.33. The van der Waals surface area contributed by atoms with Gasteiger partial charge in [-0.3, -0.25) is 0 Å². The van der Waals surface area contributed by atoms with Crippen molar-refractivity contribution in [1.29, 1.82) is 0 Å². The van der Waals surface area contributed by atoms with E-state index in [2.05, 4.69) is 45.0 Å². The first kappa shape index (κ1) is 20.7. The minimum absolute atomic E-state index is 0.575. The summed E-state index contributed by atoms with van der Waals surface area (Å²) < 4.78 is 1.04. The number of benzene rings is 4. The van der Waals surface area contributed by atoms with Gasteiger partial charge in [-0.25, -0.2) is 19.8 Å². The highest BCUT2D eigenvalue weighted by atomic mass is 79.9. The van der Waals surface area contributed by atoms with Crippen LogP contribution in [-0.2, 0) is 0 Å². The molecule has 0 spiro atoms. The highest BCUT2D eigenvalue weighted by Gasteiger charge is 2.12. The van der Waals surface area contributed by atoms with Gasteiger partial charge in [-0.15, -0.1) is 0 Å². The Kier molecular flexibility index (Phi) is 5.75. The molecule has 5 aromatic rings. The molecule has 0 aliphatic carbocycles. The molecule has 4 aromatic carbocycles. The maximum atomic E-state index is 7.18. The first-order valence-corrected chi connectivity index (χ1v) is 11.1. The van der Waals surface area contributed by atoms with Gasteiger partial charge < -0.3 is 0 Å². The number of aromatic nitrogens is 3. The third-order valence-electron chi connectivity index (χ3n) is 5.22. The van der Waals surface area contributed by atoms with Gasteiger partial charge in [0.1, 0.15) is 0 Å². The summed E-state index contributed by atoms with van der Waals surface area (Å²) in [4.78, 5) is 17.7. The molecule has 0 fully saturated rings. The van der Waals surface area contributed by atoms with Gasteiger partial charge in [0.2, 0.25) is 0 Å². The number of nitrogens with zero attached hydrogens (tertiary/aromatic N) is 4. The molecule has 0 aliphatic heterocycles. The van der Waals surface area contributed by atoms with Gasteiger partial charge in [0.25, 0.3) is 0 Å². The smallest absolute Gasteiger partial charge is 0.187 e. The second-order valence-electron chi connectivity index (χ2n) is 7.42. The molecule has 0 saturated carbocycles. The Labute approximate surface area is 200 Å². The summed E-state index contributed by atoms with van der Waals surface area (Å²) >= 11 is 3.54. The van der Waals surface area contributed by atoms with Crippen LogP contribution in [0.15, 0.2) is 108 Å². The zero-order valence-corrected chi connectivity index (χ0v) is 19.1. The summed E-state index contributed by atoms with van der Waals surface area (Å²) in [5, 5.41) is 0. The fourth-order valence-electron chi connectivity index (χ4n) is 3.52. The van der Waals surface area contributed by atoms with Crippen molar-refractivity contribution in [3.63, 3.8) is 0 Å². The quantitative estimate of drug-likeness (QED) is 0.242. The van der Waals surface area contributed by atoms with Gasteiger partial charge in [-0.2, -0.15) is 0 Å². The first-order chi connectivity index (χ1) is 16.2. The van der Waals surface area contributed by atoms with Crippen molar-refractivity contribution in [3.8, 4) is 45.3 Å². The Morgan fingerprint density at radius 1 is 0.515 bits per heavy atom. The van der Waals surface area contributed by atoms with Gasteiger partial charge in [0.15, 0.2) is 23.2 Å². The van der Waals surface area contributed by atoms with Crippen LogP contribution in [0.2, 0.25) is 0 Å². The molecule has 1 heterocycles. The van der Waals surface area contributed by atoms with Crippen molar-refractivity contribution in [2.45, 2.75) is 0 Å². The van der Waals surface area contributed by atoms with Crippen molar-refractivity contribution in [3.05, 3.63) is 119 Å². The average molecular weight is 489 g/mol. The van der Waals surface area contributed by atoms with Crippen LogP contribution in [-0.4, -0.2) is 15.0 Å². The molecule has 33 heavy (non-hydrogen) atoms. The van der Waals surface area contributed by atoms with Crippen LogP contribution in [0.25, 0.3) is 50.1 Å². The molecule has 5 heteroatoms. The Bertz CT molecular complexity index is 1460. The fourth-order valence-corrected chi connectivity index (χ4v) is 3.91. The zero-order valence-electron chi connectivity index (χ0n) is 17.5. The minimum atomic E-state index is 0.575. The largest absolute Gasteiger partial charge is 0.238 e. The number of hydrogen-bond donors (Lipinski definition) is 0. The van der Waals surface area contributed by atoms with Crippen molar-refractivity contribution in [1.82, 2.24) is 15.0 Å². The van der Waals surface area contributed by atoms with E-state index < -0.39 is 0 Å². The van der Waals surface area contributed by atoms with Crippen molar-refractivity contribution in [2.24, 2.45) is 0 Å². The Balaban J connectivity index is 1.59. The topological polar surface area (TPSA) is 43.0 Å². The molecule has 0 amide bonds. The van der Waals surface area contributed by atoms with E-state index in [1.165, 1.54) is 0 Å². The molecule has 156 valence electrons. The predicted octanol–water partition coefficient (Wildman–Crippen LogP) is 7.85. The number of rotatable bonds is 4. The van der Waals surface area contributed by atoms with E-state index in [0.717, 1.165) is 32.3 Å². The monoisotopic (exact) mass is 488 g/mol. The molecule has 5 rings (SSSR count). The van der Waals surface area contributed by atoms with E-state index >= 15 is 0 Å². The molecule has 0 radical (unpaired) electrons. The molecule has 1 aromatic heterocycles. The molecule has 0 aliphatic rings. The zero-order chi connectivity index (χ0) is 22.6. The first-order valence-electron chi connectivity index (χ1n) is 10.4. The van der Waals surface area contributed by atoms with Crippen molar-refractivity contribution < 1.29 is 0 Å². The lowest BCUT2D eigenvalue weighted by atomic mass is 10.0. The van der Waals surface area contributed by atoms with Crippen LogP contribution in [0.3, 0.4) is 0 Å². The van der Waals surface area contributed by atoms with Gasteiger partial charge in [-0.05, 0) is 23.3 Å². The highest BCUT2D eigenvalue weighted by Crippen LogP contribution is 2.28. The molecule has 0 atom stereocenters. The van der Waals surface area contributed by atoms with Crippen LogP contribution in [0.4, 0.5) is 5.69 Å². The van der Waals surface area contributed by atoms with Gasteiger partial charge in [0, 0.05) is 21.2 Å². The standard InChI is InChI=1S/C28H17BrN4/c1-30-25-16-14-22(15-17-25)28-32-26(20-6-3-2-4-7-20)31-27(33-28)21-12-10-19(11-13-21)23-8-5-9-24(29)18-23/h2-18H. The maximum absolute atomic E-state index is 7.18. The molecule has 0 saturated heterocycles. The Morgan fingerprint density at radius 2 is 1.00 bits per heavy atom. The lowest BCUT2D eigenvalue weighted by Gasteiger charge is -2.09. The molecule has 4 nitrogen and oxygen atoms in total. The van der Waals surface area contributed by atoms with Gasteiger partial charge in [-0.1, -0.05) is 107 Å². The summed E-state index contributed by atoms with van der Waals surface area (Å²) in [7, 11) is 0. The van der Waals surface area contributed by atoms with Crippen LogP contribution in [0, 0.1) is 6.57 Å². The van der Waals surface area contributed by atoms with E-state index in [9.17, 15) is 0 Å². The van der Waals surface area contributed by atoms with Crippen molar-refractivity contribution >= 4 is 21.6 Å². The average Bonchev–Trinajstić information content (AvgIpc) is 2.89. The molecular weight excluding hydrogens is 472 g/mol. The Morgan fingerprint density at radius 3 is 1.55 bits per heavy atom. The van der Waals surface area contributed by atoms with E-state index in [1.54, 1.807) is 12.1 Å². The summed E-state index contributed by atoms with van der Waals surface area (Å²) in [6.07, 6.45) is 0. The molecular formula is C28H17BrN4. The summed E-state index contributed by atoms with van der Waals surface area (Å²) in [6.45, 7) is 7.18. The van der Waals surface area contributed by atoms with Crippen molar-refractivity contribution in [2.75, 3.05) is 0 Å². The normalized spacial score (nSPS) is 10.5.